The molecule has 1 N–H and O–H groups in total. The average Bonchev–Trinajstić information content (AvgIpc) is 3.16. The van der Waals surface area contributed by atoms with E-state index in [1.54, 1.807) is 26.8 Å². The van der Waals surface area contributed by atoms with Crippen molar-refractivity contribution in [1.82, 2.24) is 5.16 Å². The van der Waals surface area contributed by atoms with Gasteiger partial charge in [0.25, 0.3) is 0 Å². The number of nitrogens with one attached hydrogen (secondary N) is 1. The summed E-state index contributed by atoms with van der Waals surface area (Å²) < 4.78 is 15.6. The fraction of sp³-hybridized carbons (Fsp3) is 0.192. The number of hydrogen-bond acceptors (Lipinski definition) is 6. The lowest BCUT2D eigenvalue weighted by molar-refractivity contribution is -0.137. The molecule has 0 saturated carbocycles. The van der Waals surface area contributed by atoms with Crippen LogP contribution in [0.4, 0.5) is 10.5 Å². The van der Waals surface area contributed by atoms with Crippen LogP contribution < -0.4 is 5.32 Å². The van der Waals surface area contributed by atoms with Gasteiger partial charge in [-0.15, -0.1) is 0 Å². The van der Waals surface area contributed by atoms with Crippen LogP contribution in [0.25, 0.3) is 6.08 Å². The largest absolute Gasteiger partial charge is 0.463 e. The van der Waals surface area contributed by atoms with E-state index in [1.807, 2.05) is 54.6 Å². The van der Waals surface area contributed by atoms with E-state index >= 15 is 0 Å². The van der Waals surface area contributed by atoms with E-state index in [1.165, 1.54) is 6.08 Å². The predicted octanol–water partition coefficient (Wildman–Crippen LogP) is 5.27. The molecule has 33 heavy (non-hydrogen) atoms. The number of rotatable bonds is 6. The molecule has 0 aliphatic heterocycles. The Balaban J connectivity index is 1.65. The Labute approximate surface area is 192 Å². The van der Waals surface area contributed by atoms with Crippen LogP contribution in [0.5, 0.6) is 0 Å². The molecule has 1 heterocycles. The van der Waals surface area contributed by atoms with Crippen LogP contribution in [-0.2, 0) is 14.3 Å². The molecular weight excluding hydrogens is 420 g/mol. The molecule has 3 aromatic rings. The number of anilines is 1. The first-order valence-corrected chi connectivity index (χ1v) is 10.4. The summed E-state index contributed by atoms with van der Waals surface area (Å²) in [5, 5.41) is 6.56. The molecule has 0 spiro atoms. The Morgan fingerprint density at radius 1 is 1.12 bits per heavy atom. The second-order valence-corrected chi connectivity index (χ2v) is 7.01. The standard InChI is InChI=1S/C26H24N2O5/c1-4-31-24(29)17-15-21-12-10-20(11-13-21)14-16-23-25(18(2)28-33-23)27-26(30)32-19(3)22-8-6-5-7-9-22/h5-13,15,17,19H,4H2,1-3H3,(H,27,30)/b17-15+/t19-/m1/s1. The third kappa shape index (κ3) is 6.84. The van der Waals surface area contributed by atoms with Gasteiger partial charge in [0.05, 0.1) is 6.61 Å². The summed E-state index contributed by atoms with van der Waals surface area (Å²) in [5.74, 6) is 5.70. The van der Waals surface area contributed by atoms with Crippen LogP contribution in [0.3, 0.4) is 0 Å². The number of carbonyl (C=O) groups excluding carboxylic acids is 2. The molecule has 3 rings (SSSR count). The first kappa shape index (κ1) is 23.4. The Bertz CT molecular complexity index is 1180. The zero-order chi connectivity index (χ0) is 23.6. The Morgan fingerprint density at radius 2 is 1.85 bits per heavy atom. The van der Waals surface area contributed by atoms with E-state index < -0.39 is 18.2 Å². The minimum atomic E-state index is -0.626. The predicted molar refractivity (Wildman–Crippen MR) is 124 cm³/mol. The maximum absolute atomic E-state index is 12.4. The van der Waals surface area contributed by atoms with Crippen LogP contribution in [0.15, 0.2) is 65.2 Å². The number of benzene rings is 2. The monoisotopic (exact) mass is 444 g/mol. The van der Waals surface area contributed by atoms with Crippen molar-refractivity contribution in [1.29, 1.82) is 0 Å². The lowest BCUT2D eigenvalue weighted by Gasteiger charge is -2.13. The summed E-state index contributed by atoms with van der Waals surface area (Å²) in [6, 6.07) is 16.7. The van der Waals surface area contributed by atoms with Gasteiger partial charge in [-0.25, -0.2) is 9.59 Å². The number of esters is 1. The quantitative estimate of drug-likeness (QED) is 0.316. The molecule has 0 bridgehead atoms. The molecular formula is C26H24N2O5. The zero-order valence-electron chi connectivity index (χ0n) is 18.6. The summed E-state index contributed by atoms with van der Waals surface area (Å²) in [7, 11) is 0. The van der Waals surface area contributed by atoms with Crippen LogP contribution in [0, 0.1) is 18.8 Å². The van der Waals surface area contributed by atoms with Crippen molar-refractivity contribution < 1.29 is 23.6 Å². The Morgan fingerprint density at radius 3 is 2.55 bits per heavy atom. The lowest BCUT2D eigenvalue weighted by atomic mass is 10.1. The van der Waals surface area contributed by atoms with E-state index in [2.05, 4.69) is 22.3 Å². The number of carbonyl (C=O) groups is 2. The van der Waals surface area contributed by atoms with Gasteiger partial charge in [-0.05, 0) is 56.0 Å². The van der Waals surface area contributed by atoms with Crippen molar-refractivity contribution in [2.24, 2.45) is 0 Å². The summed E-state index contributed by atoms with van der Waals surface area (Å²) in [6.07, 6.45) is 1.99. The zero-order valence-corrected chi connectivity index (χ0v) is 18.6. The van der Waals surface area contributed by atoms with Gasteiger partial charge in [-0.3, -0.25) is 5.32 Å². The number of aromatic nitrogens is 1. The number of nitrogens with zero attached hydrogens (tertiary/aromatic N) is 1. The first-order valence-electron chi connectivity index (χ1n) is 10.4. The van der Waals surface area contributed by atoms with E-state index in [-0.39, 0.29) is 5.76 Å². The van der Waals surface area contributed by atoms with Crippen molar-refractivity contribution in [3.05, 3.63) is 88.8 Å². The second kappa shape index (κ2) is 11.3. The van der Waals surface area contributed by atoms with Gasteiger partial charge in [0.1, 0.15) is 17.5 Å². The molecule has 1 amide bonds. The topological polar surface area (TPSA) is 90.7 Å². The first-order chi connectivity index (χ1) is 16.0. The molecule has 0 saturated heterocycles. The minimum absolute atomic E-state index is 0.225. The SMILES string of the molecule is CCOC(=O)/C=C/c1ccc(C#Cc2onc(C)c2NC(=O)O[C@H](C)c2ccccc2)cc1. The van der Waals surface area contributed by atoms with Crippen molar-refractivity contribution >= 4 is 23.8 Å². The molecule has 2 aromatic carbocycles. The van der Waals surface area contributed by atoms with E-state index in [0.717, 1.165) is 16.7 Å². The highest BCUT2D eigenvalue weighted by Crippen LogP contribution is 2.22. The van der Waals surface area contributed by atoms with Gasteiger partial charge in [-0.2, -0.15) is 0 Å². The van der Waals surface area contributed by atoms with Gasteiger partial charge in [0, 0.05) is 11.6 Å². The van der Waals surface area contributed by atoms with Crippen molar-refractivity contribution in [3.63, 3.8) is 0 Å². The number of aryl methyl sites for hydroxylation is 1. The third-order valence-electron chi connectivity index (χ3n) is 4.57. The average molecular weight is 444 g/mol. The highest BCUT2D eigenvalue weighted by molar-refractivity contribution is 5.87. The molecule has 168 valence electrons. The summed E-state index contributed by atoms with van der Waals surface area (Å²) in [6.45, 7) is 5.58. The molecule has 0 aliphatic carbocycles. The number of amides is 1. The van der Waals surface area contributed by atoms with Gasteiger partial charge < -0.3 is 14.0 Å². The molecule has 0 fully saturated rings. The lowest BCUT2D eigenvalue weighted by Crippen LogP contribution is -2.16. The molecule has 0 unspecified atom stereocenters. The van der Waals surface area contributed by atoms with Crippen LogP contribution >= 0.6 is 0 Å². The normalized spacial score (nSPS) is 11.4. The van der Waals surface area contributed by atoms with Crippen molar-refractivity contribution in [2.75, 3.05) is 11.9 Å². The maximum Gasteiger partial charge on any atom is 0.412 e. The van der Waals surface area contributed by atoms with Gasteiger partial charge >= 0.3 is 12.1 Å². The van der Waals surface area contributed by atoms with Gasteiger partial charge in [0.15, 0.2) is 0 Å². The number of hydrogen-bond donors (Lipinski definition) is 1. The second-order valence-electron chi connectivity index (χ2n) is 7.01. The highest BCUT2D eigenvalue weighted by Gasteiger charge is 2.17. The third-order valence-corrected chi connectivity index (χ3v) is 4.57. The van der Waals surface area contributed by atoms with E-state index in [0.29, 0.717) is 18.0 Å². The Kier molecular flexibility index (Phi) is 8.03. The highest BCUT2D eigenvalue weighted by atomic mass is 16.6. The molecule has 7 heteroatoms. The van der Waals surface area contributed by atoms with Crippen molar-refractivity contribution in [3.8, 4) is 11.8 Å². The molecule has 1 aromatic heterocycles. The minimum Gasteiger partial charge on any atom is -0.463 e. The molecule has 0 aliphatic rings. The summed E-state index contributed by atoms with van der Waals surface area (Å²) >= 11 is 0. The maximum atomic E-state index is 12.4. The van der Waals surface area contributed by atoms with Crippen LogP contribution in [-0.4, -0.2) is 23.8 Å². The van der Waals surface area contributed by atoms with E-state index in [9.17, 15) is 9.59 Å². The smallest absolute Gasteiger partial charge is 0.412 e. The van der Waals surface area contributed by atoms with Gasteiger partial charge in [-0.1, -0.05) is 53.5 Å². The fourth-order valence-electron chi connectivity index (χ4n) is 2.85. The Hall–Kier alpha value is -4.31. The summed E-state index contributed by atoms with van der Waals surface area (Å²) in [5.41, 5.74) is 3.30. The van der Waals surface area contributed by atoms with E-state index in [4.69, 9.17) is 14.0 Å². The molecule has 0 radical (unpaired) electrons. The summed E-state index contributed by atoms with van der Waals surface area (Å²) in [4.78, 5) is 23.8. The van der Waals surface area contributed by atoms with Crippen LogP contribution in [0.2, 0.25) is 0 Å². The van der Waals surface area contributed by atoms with Crippen LogP contribution in [0.1, 0.15) is 48.1 Å². The van der Waals surface area contributed by atoms with Gasteiger partial charge in [0.2, 0.25) is 5.76 Å². The number of ether oxygens (including phenoxy) is 2. The van der Waals surface area contributed by atoms with Crippen molar-refractivity contribution in [2.45, 2.75) is 26.9 Å². The fourth-order valence-corrected chi connectivity index (χ4v) is 2.85. The molecule has 1 atom stereocenters. The molecule has 7 nitrogen and oxygen atoms in total.